The lowest BCUT2D eigenvalue weighted by Gasteiger charge is -2.19. The van der Waals surface area contributed by atoms with Crippen LogP contribution < -0.4 is 10.3 Å². The molecule has 172 valence electrons. The van der Waals surface area contributed by atoms with E-state index in [2.05, 4.69) is 9.97 Å². The van der Waals surface area contributed by atoms with Crippen LogP contribution in [0.3, 0.4) is 0 Å². The topological polar surface area (TPSA) is 136 Å². The average Bonchev–Trinajstić information content (AvgIpc) is 3.02. The molecule has 0 bridgehead atoms. The van der Waals surface area contributed by atoms with Gasteiger partial charge in [-0.25, -0.2) is 13.4 Å². The van der Waals surface area contributed by atoms with Gasteiger partial charge in [0.1, 0.15) is 4.83 Å². The van der Waals surface area contributed by atoms with Gasteiger partial charge in [-0.3, -0.25) is 14.9 Å². The van der Waals surface area contributed by atoms with Crippen LogP contribution in [-0.4, -0.2) is 40.7 Å². The fourth-order valence-corrected chi connectivity index (χ4v) is 5.84. The molecule has 2 heterocycles. The lowest BCUT2D eigenvalue weighted by molar-refractivity contribution is -0.386. The van der Waals surface area contributed by atoms with E-state index in [4.69, 9.17) is 4.74 Å². The molecule has 1 atom stereocenters. The predicted molar refractivity (Wildman–Crippen MR) is 122 cm³/mol. The molecule has 0 spiro atoms. The minimum absolute atomic E-state index is 0.123. The zero-order valence-corrected chi connectivity index (χ0v) is 20.0. The van der Waals surface area contributed by atoms with E-state index in [0.717, 1.165) is 16.5 Å². The Morgan fingerprint density at radius 1 is 1.28 bits per heavy atom. The summed E-state index contributed by atoms with van der Waals surface area (Å²) >= 11 is 1.38. The first-order valence-electron chi connectivity index (χ1n) is 9.96. The summed E-state index contributed by atoms with van der Waals surface area (Å²) in [5.74, 6) is 0.0974. The quantitative estimate of drug-likeness (QED) is 0.384. The molecule has 0 unspecified atom stereocenters. The smallest absolute Gasteiger partial charge is 0.312 e. The summed E-state index contributed by atoms with van der Waals surface area (Å²) in [6.45, 7) is 9.21. The third kappa shape index (κ3) is 4.25. The number of H-pyrrole nitrogens is 1. The third-order valence-electron chi connectivity index (χ3n) is 5.22. The maximum atomic E-state index is 12.7. The molecule has 10 nitrogen and oxygen atoms in total. The van der Waals surface area contributed by atoms with Crippen molar-refractivity contribution < 1.29 is 18.1 Å². The molecular formula is C20H24N4O6S2. The maximum Gasteiger partial charge on any atom is 0.312 e. The first-order chi connectivity index (χ1) is 15.0. The first-order valence-corrected chi connectivity index (χ1v) is 12.2. The highest BCUT2D eigenvalue weighted by atomic mass is 32.2. The van der Waals surface area contributed by atoms with E-state index >= 15 is 0 Å². The Bertz CT molecular complexity index is 1340. The number of aromatic nitrogens is 2. The van der Waals surface area contributed by atoms with Crippen LogP contribution in [0.4, 0.5) is 5.69 Å². The van der Waals surface area contributed by atoms with Crippen molar-refractivity contribution in [3.05, 3.63) is 54.9 Å². The number of fused-ring (bicyclic) bond motifs is 1. The monoisotopic (exact) mass is 480 g/mol. The molecular weight excluding hydrogens is 456 g/mol. The molecule has 3 rings (SSSR count). The summed E-state index contributed by atoms with van der Waals surface area (Å²) in [5.41, 5.74) is 0.0632. The number of benzene rings is 1. The number of nitrogens with zero attached hydrogens (tertiary/aromatic N) is 3. The average molecular weight is 481 g/mol. The van der Waals surface area contributed by atoms with E-state index in [-0.39, 0.29) is 35.1 Å². The van der Waals surface area contributed by atoms with E-state index in [9.17, 15) is 23.3 Å². The van der Waals surface area contributed by atoms with Crippen molar-refractivity contribution in [2.24, 2.45) is 0 Å². The number of thiophene rings is 1. The number of sulfonamides is 1. The Hall–Kier alpha value is -2.83. The predicted octanol–water partition coefficient (Wildman–Crippen LogP) is 3.68. The molecule has 0 saturated carbocycles. The Balaban J connectivity index is 1.99. The Labute approximate surface area is 189 Å². The normalized spacial score (nSPS) is 12.9. The third-order valence-corrected chi connectivity index (χ3v) is 8.36. The van der Waals surface area contributed by atoms with Crippen LogP contribution in [0.25, 0.3) is 10.2 Å². The number of nitro groups is 1. The number of ether oxygens (including phenoxy) is 1. The molecule has 32 heavy (non-hydrogen) atoms. The number of rotatable bonds is 8. The lowest BCUT2D eigenvalue weighted by atomic mass is 10.2. The molecule has 12 heteroatoms. The van der Waals surface area contributed by atoms with Crippen molar-refractivity contribution in [3.63, 3.8) is 0 Å². The fourth-order valence-electron chi connectivity index (χ4n) is 3.32. The van der Waals surface area contributed by atoms with Gasteiger partial charge in [0.2, 0.25) is 10.0 Å². The van der Waals surface area contributed by atoms with Crippen LogP contribution in [-0.2, 0) is 10.0 Å². The van der Waals surface area contributed by atoms with Crippen LogP contribution in [0.15, 0.2) is 27.9 Å². The van der Waals surface area contributed by atoms with Gasteiger partial charge in [-0.2, -0.15) is 4.31 Å². The van der Waals surface area contributed by atoms with E-state index in [1.165, 1.54) is 27.8 Å². The van der Waals surface area contributed by atoms with Gasteiger partial charge in [0.05, 0.1) is 15.2 Å². The number of hydrogen-bond donors (Lipinski definition) is 1. The van der Waals surface area contributed by atoms with E-state index in [1.807, 2.05) is 13.8 Å². The molecule has 1 N–H and O–H groups in total. The molecule has 0 aliphatic carbocycles. The molecule has 0 radical (unpaired) electrons. The number of aryl methyl sites for hydroxylation is 2. The maximum absolute atomic E-state index is 12.7. The van der Waals surface area contributed by atoms with Crippen LogP contribution in [0.1, 0.15) is 43.1 Å². The molecule has 2 aromatic heterocycles. The van der Waals surface area contributed by atoms with Gasteiger partial charge in [0.25, 0.3) is 5.56 Å². The minimum atomic E-state index is -3.87. The number of nitrogens with one attached hydrogen (secondary N) is 1. The van der Waals surface area contributed by atoms with Crippen LogP contribution in [0, 0.1) is 24.0 Å². The number of aromatic amines is 1. The highest BCUT2D eigenvalue weighted by Crippen LogP contribution is 2.34. The van der Waals surface area contributed by atoms with Crippen molar-refractivity contribution in [1.82, 2.24) is 14.3 Å². The van der Waals surface area contributed by atoms with Gasteiger partial charge in [-0.1, -0.05) is 13.8 Å². The van der Waals surface area contributed by atoms with Crippen LogP contribution >= 0.6 is 11.3 Å². The van der Waals surface area contributed by atoms with E-state index in [0.29, 0.717) is 10.2 Å². The molecule has 0 aliphatic heterocycles. The van der Waals surface area contributed by atoms with Crippen LogP contribution in [0.5, 0.6) is 5.75 Å². The van der Waals surface area contributed by atoms with Crippen molar-refractivity contribution in [1.29, 1.82) is 0 Å². The Morgan fingerprint density at radius 3 is 2.53 bits per heavy atom. The second kappa shape index (κ2) is 8.96. The molecule has 0 fully saturated rings. The van der Waals surface area contributed by atoms with Crippen molar-refractivity contribution >= 4 is 37.3 Å². The highest BCUT2D eigenvalue weighted by molar-refractivity contribution is 7.89. The zero-order valence-electron chi connectivity index (χ0n) is 18.3. The number of nitro benzene ring substituents is 1. The van der Waals surface area contributed by atoms with E-state index in [1.54, 1.807) is 20.8 Å². The SMILES string of the molecule is CCN(CC)S(=O)(=O)c1ccc(O[C@@H](C)c2nc3sc(C)c(C)c3c(=O)[nH]2)c([N+](=O)[O-])c1. The molecule has 0 amide bonds. The van der Waals surface area contributed by atoms with Gasteiger partial charge < -0.3 is 9.72 Å². The fraction of sp³-hybridized carbons (Fsp3) is 0.400. The Kier molecular flexibility index (Phi) is 6.67. The summed E-state index contributed by atoms with van der Waals surface area (Å²) in [6.07, 6.45) is -0.821. The summed E-state index contributed by atoms with van der Waals surface area (Å²) < 4.78 is 32.4. The zero-order chi connectivity index (χ0) is 23.8. The first kappa shape index (κ1) is 23.8. The van der Waals surface area contributed by atoms with Crippen LogP contribution in [0.2, 0.25) is 0 Å². The molecule has 0 aliphatic rings. The highest BCUT2D eigenvalue weighted by Gasteiger charge is 2.27. The molecule has 1 aromatic carbocycles. The summed E-state index contributed by atoms with van der Waals surface area (Å²) in [5, 5.41) is 12.2. The minimum Gasteiger partial charge on any atom is -0.476 e. The summed E-state index contributed by atoms with van der Waals surface area (Å²) in [6, 6.07) is 3.51. The van der Waals surface area contributed by atoms with Gasteiger partial charge in [-0.05, 0) is 38.5 Å². The molecule has 0 saturated heterocycles. The lowest BCUT2D eigenvalue weighted by Crippen LogP contribution is -2.30. The molecule has 3 aromatic rings. The largest absolute Gasteiger partial charge is 0.476 e. The summed E-state index contributed by atoms with van der Waals surface area (Å²) in [4.78, 5) is 31.9. The van der Waals surface area contributed by atoms with Gasteiger partial charge >= 0.3 is 5.69 Å². The second-order valence-electron chi connectivity index (χ2n) is 7.15. The van der Waals surface area contributed by atoms with Gasteiger partial charge in [-0.15, -0.1) is 11.3 Å². The van der Waals surface area contributed by atoms with Gasteiger partial charge in [0, 0.05) is 24.0 Å². The van der Waals surface area contributed by atoms with Crippen molar-refractivity contribution in [3.8, 4) is 5.75 Å². The van der Waals surface area contributed by atoms with Gasteiger partial charge in [0.15, 0.2) is 17.7 Å². The number of hydrogen-bond acceptors (Lipinski definition) is 8. The standard InChI is InChI=1S/C20H24N4O6S2/c1-6-23(7-2)32(28,29)14-8-9-16(15(10-14)24(26)27)30-12(4)18-21-19(25)17-11(3)13(5)31-20(17)22-18/h8-10,12H,6-7H2,1-5H3,(H,21,22,25)/t12-/m0/s1. The van der Waals surface area contributed by atoms with E-state index < -0.39 is 26.7 Å². The van der Waals surface area contributed by atoms with Crippen molar-refractivity contribution in [2.75, 3.05) is 13.1 Å². The summed E-state index contributed by atoms with van der Waals surface area (Å²) in [7, 11) is -3.87. The Morgan fingerprint density at radius 2 is 1.94 bits per heavy atom. The second-order valence-corrected chi connectivity index (χ2v) is 10.3. The van der Waals surface area contributed by atoms with Crippen molar-refractivity contribution in [2.45, 2.75) is 45.6 Å².